The van der Waals surface area contributed by atoms with Crippen LogP contribution in [0.5, 0.6) is 0 Å². The standard InChI is InChI=1S/C16H16F3NO/c1-11-6-7-12(14-5-3-2-4-13(11)14)8-20-9-15(21,10-20)16(17,18)19/h2-7,21H,8-10H2,1H3. The maximum atomic E-state index is 12.6. The van der Waals surface area contributed by atoms with Crippen molar-refractivity contribution >= 4 is 10.8 Å². The van der Waals surface area contributed by atoms with Gasteiger partial charge in [-0.25, -0.2) is 0 Å². The molecular weight excluding hydrogens is 279 g/mol. The molecule has 5 heteroatoms. The number of alkyl halides is 3. The Hall–Kier alpha value is -1.59. The summed E-state index contributed by atoms with van der Waals surface area (Å²) in [7, 11) is 0. The lowest BCUT2D eigenvalue weighted by molar-refractivity contribution is -0.302. The number of β-amino-alcohol motifs (C(OH)–C–C–N with tert-alkyl or cyclic N) is 1. The van der Waals surface area contributed by atoms with Crippen molar-refractivity contribution in [3.63, 3.8) is 0 Å². The Kier molecular flexibility index (Phi) is 3.22. The van der Waals surface area contributed by atoms with Gasteiger partial charge in [0.05, 0.1) is 0 Å². The van der Waals surface area contributed by atoms with E-state index in [4.69, 9.17) is 0 Å². The van der Waals surface area contributed by atoms with E-state index in [1.54, 1.807) is 4.90 Å². The zero-order valence-corrected chi connectivity index (χ0v) is 11.6. The Labute approximate surface area is 120 Å². The monoisotopic (exact) mass is 295 g/mol. The predicted octanol–water partition coefficient (Wildman–Crippen LogP) is 3.26. The van der Waals surface area contributed by atoms with Crippen LogP contribution < -0.4 is 0 Å². The number of fused-ring (bicyclic) bond motifs is 1. The van der Waals surface area contributed by atoms with Gasteiger partial charge in [-0.2, -0.15) is 13.2 Å². The van der Waals surface area contributed by atoms with Gasteiger partial charge in [-0.15, -0.1) is 0 Å². The molecule has 2 aromatic carbocycles. The molecule has 21 heavy (non-hydrogen) atoms. The Bertz CT molecular complexity index is 675. The lowest BCUT2D eigenvalue weighted by Crippen LogP contribution is -2.68. The molecular formula is C16H16F3NO. The molecule has 0 radical (unpaired) electrons. The highest BCUT2D eigenvalue weighted by Crippen LogP contribution is 2.38. The van der Waals surface area contributed by atoms with E-state index in [-0.39, 0.29) is 13.1 Å². The van der Waals surface area contributed by atoms with Crippen LogP contribution in [0.25, 0.3) is 10.8 Å². The van der Waals surface area contributed by atoms with Gasteiger partial charge in [-0.3, -0.25) is 4.90 Å². The van der Waals surface area contributed by atoms with Gasteiger partial charge in [0.1, 0.15) is 0 Å². The van der Waals surface area contributed by atoms with E-state index in [0.717, 1.165) is 21.9 Å². The van der Waals surface area contributed by atoms with Crippen LogP contribution in [-0.2, 0) is 6.54 Å². The maximum Gasteiger partial charge on any atom is 0.419 e. The number of likely N-dealkylation sites (tertiary alicyclic amines) is 1. The van der Waals surface area contributed by atoms with Gasteiger partial charge in [-0.1, -0.05) is 36.4 Å². The van der Waals surface area contributed by atoms with Crippen LogP contribution in [0.4, 0.5) is 13.2 Å². The first-order valence-corrected chi connectivity index (χ1v) is 6.79. The molecule has 1 aliphatic rings. The van der Waals surface area contributed by atoms with Crippen LogP contribution in [-0.4, -0.2) is 34.9 Å². The summed E-state index contributed by atoms with van der Waals surface area (Å²) in [6, 6.07) is 11.8. The molecule has 112 valence electrons. The first-order chi connectivity index (χ1) is 9.80. The second kappa shape index (κ2) is 4.71. The lowest BCUT2D eigenvalue weighted by atomic mass is 9.92. The highest BCUT2D eigenvalue weighted by molar-refractivity contribution is 5.88. The van der Waals surface area contributed by atoms with Gasteiger partial charge in [0.15, 0.2) is 5.60 Å². The minimum absolute atomic E-state index is 0.362. The smallest absolute Gasteiger partial charge is 0.378 e. The van der Waals surface area contributed by atoms with Crippen LogP contribution >= 0.6 is 0 Å². The van der Waals surface area contributed by atoms with Gasteiger partial charge in [0.2, 0.25) is 0 Å². The van der Waals surface area contributed by atoms with E-state index in [2.05, 4.69) is 0 Å². The number of rotatable bonds is 2. The number of aryl methyl sites for hydroxylation is 1. The van der Waals surface area contributed by atoms with Crippen molar-refractivity contribution in [2.45, 2.75) is 25.2 Å². The zero-order valence-electron chi connectivity index (χ0n) is 11.6. The molecule has 1 heterocycles. The van der Waals surface area contributed by atoms with Gasteiger partial charge in [-0.05, 0) is 28.8 Å². The largest absolute Gasteiger partial charge is 0.419 e. The normalized spacial score (nSPS) is 18.7. The maximum absolute atomic E-state index is 12.6. The van der Waals surface area contributed by atoms with E-state index >= 15 is 0 Å². The highest BCUT2D eigenvalue weighted by atomic mass is 19.4. The number of halogens is 3. The van der Waals surface area contributed by atoms with E-state index in [9.17, 15) is 18.3 Å². The Balaban J connectivity index is 1.81. The summed E-state index contributed by atoms with van der Waals surface area (Å²) in [4.78, 5) is 1.62. The van der Waals surface area contributed by atoms with Crippen molar-refractivity contribution in [3.05, 3.63) is 47.5 Å². The highest BCUT2D eigenvalue weighted by Gasteiger charge is 2.60. The summed E-state index contributed by atoms with van der Waals surface area (Å²) in [6.45, 7) is 1.70. The predicted molar refractivity (Wildman–Crippen MR) is 75.0 cm³/mol. The van der Waals surface area contributed by atoms with Crippen LogP contribution in [0.1, 0.15) is 11.1 Å². The molecule has 1 aliphatic heterocycles. The van der Waals surface area contributed by atoms with Crippen LogP contribution in [0.3, 0.4) is 0 Å². The number of nitrogens with zero attached hydrogens (tertiary/aromatic N) is 1. The minimum atomic E-state index is -4.56. The fraction of sp³-hybridized carbons (Fsp3) is 0.375. The van der Waals surface area contributed by atoms with Crippen molar-refractivity contribution in [3.8, 4) is 0 Å². The molecule has 1 N–H and O–H groups in total. The average molecular weight is 295 g/mol. The van der Waals surface area contributed by atoms with Gasteiger partial charge < -0.3 is 5.11 Å². The number of hydrogen-bond donors (Lipinski definition) is 1. The van der Waals surface area contributed by atoms with E-state index in [0.29, 0.717) is 6.54 Å². The quantitative estimate of drug-likeness (QED) is 0.919. The molecule has 2 nitrogen and oxygen atoms in total. The van der Waals surface area contributed by atoms with Crippen molar-refractivity contribution in [1.82, 2.24) is 4.90 Å². The van der Waals surface area contributed by atoms with Crippen molar-refractivity contribution in [1.29, 1.82) is 0 Å². The van der Waals surface area contributed by atoms with Crippen LogP contribution in [0, 0.1) is 6.92 Å². The molecule has 0 aromatic heterocycles. The first kappa shape index (κ1) is 14.4. The second-order valence-corrected chi connectivity index (χ2v) is 5.76. The third-order valence-electron chi connectivity index (χ3n) is 4.12. The topological polar surface area (TPSA) is 23.5 Å². The average Bonchev–Trinajstić information content (AvgIpc) is 2.39. The molecule has 0 unspecified atom stereocenters. The van der Waals surface area contributed by atoms with Crippen molar-refractivity contribution in [2.75, 3.05) is 13.1 Å². The summed E-state index contributed by atoms with van der Waals surface area (Å²) >= 11 is 0. The molecule has 1 saturated heterocycles. The van der Waals surface area contributed by atoms with Gasteiger partial charge in [0, 0.05) is 19.6 Å². The number of benzene rings is 2. The molecule has 0 saturated carbocycles. The molecule has 0 spiro atoms. The Morgan fingerprint density at radius 2 is 1.71 bits per heavy atom. The molecule has 1 fully saturated rings. The first-order valence-electron chi connectivity index (χ1n) is 6.79. The summed E-state index contributed by atoms with van der Waals surface area (Å²) in [5, 5.41) is 11.7. The van der Waals surface area contributed by atoms with Crippen molar-refractivity contribution in [2.24, 2.45) is 0 Å². The van der Waals surface area contributed by atoms with Crippen LogP contribution in [0.15, 0.2) is 36.4 Å². The summed E-state index contributed by atoms with van der Waals surface area (Å²) < 4.78 is 37.9. The van der Waals surface area contributed by atoms with E-state index in [1.807, 2.05) is 43.3 Å². The van der Waals surface area contributed by atoms with Gasteiger partial charge >= 0.3 is 6.18 Å². The summed E-state index contributed by atoms with van der Waals surface area (Å²) in [6.07, 6.45) is -4.56. The molecule has 0 amide bonds. The molecule has 2 aromatic rings. The second-order valence-electron chi connectivity index (χ2n) is 5.76. The molecule has 0 aliphatic carbocycles. The third-order valence-corrected chi connectivity index (χ3v) is 4.12. The van der Waals surface area contributed by atoms with E-state index in [1.165, 1.54) is 0 Å². The number of hydrogen-bond acceptors (Lipinski definition) is 2. The fourth-order valence-corrected chi connectivity index (χ4v) is 2.88. The molecule has 0 bridgehead atoms. The fourth-order valence-electron chi connectivity index (χ4n) is 2.88. The molecule has 3 rings (SSSR count). The summed E-state index contributed by atoms with van der Waals surface area (Å²) in [5.41, 5.74) is -0.418. The third kappa shape index (κ3) is 2.40. The molecule has 0 atom stereocenters. The van der Waals surface area contributed by atoms with Gasteiger partial charge in [0.25, 0.3) is 0 Å². The Morgan fingerprint density at radius 3 is 2.33 bits per heavy atom. The SMILES string of the molecule is Cc1ccc(CN2CC(O)(C(F)(F)F)C2)c2ccccc12. The number of aliphatic hydroxyl groups is 1. The lowest BCUT2D eigenvalue weighted by Gasteiger charge is -2.47. The Morgan fingerprint density at radius 1 is 1.10 bits per heavy atom. The van der Waals surface area contributed by atoms with Crippen LogP contribution in [0.2, 0.25) is 0 Å². The van der Waals surface area contributed by atoms with E-state index < -0.39 is 11.8 Å². The zero-order chi connectivity index (χ0) is 15.3. The minimum Gasteiger partial charge on any atom is -0.378 e. The summed E-state index contributed by atoms with van der Waals surface area (Å²) in [5.74, 6) is 0. The van der Waals surface area contributed by atoms with Crippen molar-refractivity contribution < 1.29 is 18.3 Å².